The van der Waals surface area contributed by atoms with Crippen molar-refractivity contribution < 1.29 is 14.7 Å². The van der Waals surface area contributed by atoms with Gasteiger partial charge in [-0.25, -0.2) is 9.48 Å². The molecule has 1 rings (SSSR count). The van der Waals surface area contributed by atoms with Crippen LogP contribution in [0.3, 0.4) is 0 Å². The average molecular weight is 156 g/mol. The molecule has 11 heavy (non-hydrogen) atoms. The maximum atomic E-state index is 10.7. The van der Waals surface area contributed by atoms with Gasteiger partial charge in [-0.2, -0.15) is 0 Å². The van der Waals surface area contributed by atoms with Gasteiger partial charge in [0.25, 0.3) is 0 Å². The van der Waals surface area contributed by atoms with Gasteiger partial charge in [-0.15, -0.1) is 5.10 Å². The van der Waals surface area contributed by atoms with Crippen molar-refractivity contribution in [3.8, 4) is 0 Å². The van der Waals surface area contributed by atoms with Gasteiger partial charge >= 0.3 is 11.8 Å². The third-order valence-corrected chi connectivity index (χ3v) is 1.02. The minimum absolute atomic E-state index is 0.280. The number of tetrazole rings is 1. The van der Waals surface area contributed by atoms with E-state index in [9.17, 15) is 9.59 Å². The Kier molecular flexibility index (Phi) is 1.63. The Balaban J connectivity index is 3.02. The lowest BCUT2D eigenvalue weighted by molar-refractivity contribution is -0.131. The summed E-state index contributed by atoms with van der Waals surface area (Å²) < 4.78 is 0.996. The summed E-state index contributed by atoms with van der Waals surface area (Å²) in [6, 6.07) is 0. The normalized spacial score (nSPS) is 9.55. The molecule has 0 aliphatic carbocycles. The van der Waals surface area contributed by atoms with Crippen LogP contribution in [-0.4, -0.2) is 37.1 Å². The van der Waals surface area contributed by atoms with Crippen LogP contribution in [0.4, 0.5) is 0 Å². The molecule has 0 saturated carbocycles. The molecule has 0 aliphatic heterocycles. The zero-order valence-electron chi connectivity index (χ0n) is 5.55. The number of carbonyl (C=O) groups is 2. The van der Waals surface area contributed by atoms with E-state index in [-0.39, 0.29) is 5.82 Å². The van der Waals surface area contributed by atoms with Crippen LogP contribution >= 0.6 is 0 Å². The van der Waals surface area contributed by atoms with E-state index in [4.69, 9.17) is 5.11 Å². The van der Waals surface area contributed by atoms with E-state index in [1.807, 2.05) is 0 Å². The van der Waals surface area contributed by atoms with Gasteiger partial charge in [0.2, 0.25) is 5.82 Å². The summed E-state index contributed by atoms with van der Waals surface area (Å²) in [4.78, 5) is 20.8. The number of carboxylic acid groups (broad SMARTS) is 1. The largest absolute Gasteiger partial charge is 0.475 e. The van der Waals surface area contributed by atoms with Crippen LogP contribution in [0.15, 0.2) is 0 Å². The molecule has 0 aliphatic rings. The Hall–Kier alpha value is -1.79. The highest BCUT2D eigenvalue weighted by Gasteiger charge is 2.20. The zero-order chi connectivity index (χ0) is 8.43. The summed E-state index contributed by atoms with van der Waals surface area (Å²) in [5.41, 5.74) is 0. The number of hydrogen-bond acceptors (Lipinski definition) is 5. The highest BCUT2D eigenvalue weighted by molar-refractivity contribution is 6.38. The fourth-order valence-electron chi connectivity index (χ4n) is 0.517. The molecule has 0 atom stereocenters. The van der Waals surface area contributed by atoms with Gasteiger partial charge in [-0.1, -0.05) is 0 Å². The van der Waals surface area contributed by atoms with Gasteiger partial charge in [-0.05, 0) is 10.4 Å². The van der Waals surface area contributed by atoms with Gasteiger partial charge in [0.1, 0.15) is 0 Å². The van der Waals surface area contributed by atoms with E-state index in [1.54, 1.807) is 0 Å². The third kappa shape index (κ3) is 1.20. The van der Waals surface area contributed by atoms with E-state index in [2.05, 4.69) is 15.5 Å². The van der Waals surface area contributed by atoms with Crippen LogP contribution in [0.1, 0.15) is 10.6 Å². The highest BCUT2D eigenvalue weighted by atomic mass is 16.4. The van der Waals surface area contributed by atoms with E-state index < -0.39 is 11.8 Å². The molecule has 0 saturated heterocycles. The number of aromatic nitrogens is 4. The van der Waals surface area contributed by atoms with Gasteiger partial charge < -0.3 is 5.11 Å². The Bertz CT molecular complexity index is 304. The first-order valence-corrected chi connectivity index (χ1v) is 2.63. The van der Waals surface area contributed by atoms with Gasteiger partial charge in [0.15, 0.2) is 0 Å². The molecule has 1 heterocycles. The number of nitrogens with zero attached hydrogens (tertiary/aromatic N) is 4. The second kappa shape index (κ2) is 2.45. The molecule has 0 radical (unpaired) electrons. The Morgan fingerprint density at radius 2 is 2.18 bits per heavy atom. The van der Waals surface area contributed by atoms with E-state index in [1.165, 1.54) is 7.05 Å². The number of hydrogen-bond donors (Lipinski definition) is 1. The number of ketones is 1. The van der Waals surface area contributed by atoms with E-state index in [0.29, 0.717) is 0 Å². The standard InChI is InChI=1S/C4H4N4O3/c1-8-3(5-6-7-8)2(9)4(10)11/h1H3,(H,10,11). The van der Waals surface area contributed by atoms with Crippen molar-refractivity contribution in [2.45, 2.75) is 0 Å². The lowest BCUT2D eigenvalue weighted by Crippen LogP contribution is -2.17. The summed E-state index contributed by atoms with van der Waals surface area (Å²) in [5, 5.41) is 17.8. The van der Waals surface area contributed by atoms with Gasteiger partial charge in [0.05, 0.1) is 0 Å². The minimum atomic E-state index is -1.57. The van der Waals surface area contributed by atoms with Crippen LogP contribution in [0, 0.1) is 0 Å². The third-order valence-electron chi connectivity index (χ3n) is 1.02. The predicted octanol–water partition coefficient (Wildman–Crippen LogP) is -1.52. The number of aryl methyl sites for hydroxylation is 1. The maximum absolute atomic E-state index is 10.7. The van der Waals surface area contributed by atoms with Crippen LogP contribution in [0.25, 0.3) is 0 Å². The number of carbonyl (C=O) groups excluding carboxylic acids is 1. The summed E-state index contributed by atoms with van der Waals surface area (Å²) in [6.45, 7) is 0. The van der Waals surface area contributed by atoms with Crippen molar-refractivity contribution in [2.24, 2.45) is 7.05 Å². The fraction of sp³-hybridized carbons (Fsp3) is 0.250. The minimum Gasteiger partial charge on any atom is -0.475 e. The van der Waals surface area contributed by atoms with Crippen LogP contribution in [0.5, 0.6) is 0 Å². The highest BCUT2D eigenvalue weighted by Crippen LogP contribution is 1.89. The molecule has 1 aromatic heterocycles. The summed E-state index contributed by atoms with van der Waals surface area (Å²) in [5.74, 6) is -2.96. The Morgan fingerprint density at radius 3 is 2.55 bits per heavy atom. The fourth-order valence-corrected chi connectivity index (χ4v) is 0.517. The Labute approximate surface area is 60.6 Å². The molecule has 0 fully saturated rings. The summed E-state index contributed by atoms with van der Waals surface area (Å²) in [6.07, 6.45) is 0. The molecule has 0 unspecified atom stereocenters. The monoisotopic (exact) mass is 156 g/mol. The SMILES string of the molecule is Cn1nnnc1C(=O)C(=O)O. The molecule has 7 heteroatoms. The van der Waals surface area contributed by atoms with Crippen molar-refractivity contribution in [1.82, 2.24) is 20.2 Å². The van der Waals surface area contributed by atoms with Crippen molar-refractivity contribution in [2.75, 3.05) is 0 Å². The number of Topliss-reactive ketones (excluding diaryl/α,β-unsaturated/α-hetero) is 1. The quantitative estimate of drug-likeness (QED) is 0.412. The van der Waals surface area contributed by atoms with Gasteiger partial charge in [-0.3, -0.25) is 4.79 Å². The Morgan fingerprint density at radius 1 is 1.55 bits per heavy atom. The van der Waals surface area contributed by atoms with Crippen molar-refractivity contribution >= 4 is 11.8 Å². The summed E-state index contributed by atoms with van der Waals surface area (Å²) >= 11 is 0. The van der Waals surface area contributed by atoms with E-state index >= 15 is 0 Å². The topological polar surface area (TPSA) is 98.0 Å². The molecule has 0 aromatic carbocycles. The van der Waals surface area contributed by atoms with Crippen LogP contribution in [0.2, 0.25) is 0 Å². The zero-order valence-corrected chi connectivity index (χ0v) is 5.55. The van der Waals surface area contributed by atoms with Crippen LogP contribution < -0.4 is 0 Å². The lowest BCUT2D eigenvalue weighted by Gasteiger charge is -1.89. The molecule has 58 valence electrons. The van der Waals surface area contributed by atoms with Crippen LogP contribution in [-0.2, 0) is 11.8 Å². The number of carboxylic acids is 1. The van der Waals surface area contributed by atoms with Crippen molar-refractivity contribution in [3.05, 3.63) is 5.82 Å². The summed E-state index contributed by atoms with van der Waals surface area (Å²) in [7, 11) is 1.39. The molecular weight excluding hydrogens is 152 g/mol. The number of rotatable bonds is 2. The van der Waals surface area contributed by atoms with Gasteiger partial charge in [0, 0.05) is 7.05 Å². The number of aliphatic carboxylic acids is 1. The first kappa shape index (κ1) is 7.32. The maximum Gasteiger partial charge on any atom is 0.380 e. The van der Waals surface area contributed by atoms with Crippen molar-refractivity contribution in [1.29, 1.82) is 0 Å². The average Bonchev–Trinajstić information content (AvgIpc) is 2.33. The van der Waals surface area contributed by atoms with E-state index in [0.717, 1.165) is 4.68 Å². The molecule has 0 bridgehead atoms. The predicted molar refractivity (Wildman–Crippen MR) is 30.8 cm³/mol. The second-order valence-electron chi connectivity index (χ2n) is 1.76. The molecule has 7 nitrogen and oxygen atoms in total. The van der Waals surface area contributed by atoms with Crippen molar-refractivity contribution in [3.63, 3.8) is 0 Å². The first-order valence-electron chi connectivity index (χ1n) is 2.63. The lowest BCUT2D eigenvalue weighted by atomic mass is 10.4. The molecule has 1 aromatic rings. The molecular formula is C4H4N4O3. The first-order chi connectivity index (χ1) is 5.13. The molecule has 0 spiro atoms. The molecule has 0 amide bonds. The molecule has 1 N–H and O–H groups in total. The second-order valence-corrected chi connectivity index (χ2v) is 1.76. The smallest absolute Gasteiger partial charge is 0.380 e.